The van der Waals surface area contributed by atoms with Crippen LogP contribution in [0.5, 0.6) is 0 Å². The molecule has 0 saturated carbocycles. The van der Waals surface area contributed by atoms with Gasteiger partial charge in [0.25, 0.3) is 0 Å². The topological polar surface area (TPSA) is 29.1 Å². The molecule has 4 heteroatoms. The fourth-order valence-electron chi connectivity index (χ4n) is 1.80. The quantitative estimate of drug-likeness (QED) is 0.835. The lowest BCUT2D eigenvalue weighted by Crippen LogP contribution is -2.47. The van der Waals surface area contributed by atoms with Crippen molar-refractivity contribution in [1.82, 2.24) is 5.32 Å². The third-order valence-corrected chi connectivity index (χ3v) is 4.76. The highest BCUT2D eigenvalue weighted by Gasteiger charge is 2.33. The lowest BCUT2D eigenvalue weighted by Gasteiger charge is -2.32. The van der Waals surface area contributed by atoms with Gasteiger partial charge in [-0.05, 0) is 25.3 Å². The first-order valence-electron chi connectivity index (χ1n) is 6.27. The first-order chi connectivity index (χ1) is 8.55. The van der Waals surface area contributed by atoms with Crippen LogP contribution in [0.15, 0.2) is 24.3 Å². The number of amides is 1. The van der Waals surface area contributed by atoms with Gasteiger partial charge in [-0.1, -0.05) is 54.9 Å². The Balaban J connectivity index is 2.92. The Kier molecular flexibility index (Phi) is 4.77. The van der Waals surface area contributed by atoms with E-state index in [4.69, 9.17) is 0 Å². The summed E-state index contributed by atoms with van der Waals surface area (Å²) in [6.07, 6.45) is 0. The minimum absolute atomic E-state index is 0.138. The number of benzene rings is 1. The number of hydrogen-bond acceptors (Lipinski definition) is 1. The number of nitrogens with one attached hydrogen (secondary N) is 1. The summed E-state index contributed by atoms with van der Waals surface area (Å²) in [6.45, 7) is 9.52. The molecule has 1 atom stereocenters. The number of rotatable bonds is 3. The molecule has 2 nitrogen and oxygen atoms in total. The van der Waals surface area contributed by atoms with Crippen molar-refractivity contribution in [1.29, 1.82) is 0 Å². The van der Waals surface area contributed by atoms with Crippen LogP contribution < -0.4 is 5.32 Å². The monoisotopic (exact) mass is 329 g/mol. The fourth-order valence-corrected chi connectivity index (χ4v) is 1.91. The van der Waals surface area contributed by atoms with Gasteiger partial charge in [0.1, 0.15) is 5.82 Å². The Labute approximate surface area is 122 Å². The first-order valence-corrected chi connectivity index (χ1v) is 7.18. The van der Waals surface area contributed by atoms with Crippen molar-refractivity contribution in [3.05, 3.63) is 35.6 Å². The van der Waals surface area contributed by atoms with Gasteiger partial charge in [0, 0.05) is 5.56 Å². The predicted molar refractivity (Wildman–Crippen MR) is 79.7 cm³/mol. The summed E-state index contributed by atoms with van der Waals surface area (Å²) in [5.74, 6) is -0.449. The molecule has 0 saturated heterocycles. The Morgan fingerprint density at radius 3 is 2.21 bits per heavy atom. The normalized spacial score (nSPS) is 14.1. The molecule has 106 valence electrons. The van der Waals surface area contributed by atoms with Crippen LogP contribution in [0.3, 0.4) is 0 Å². The van der Waals surface area contributed by atoms with E-state index in [1.165, 1.54) is 6.07 Å². The largest absolute Gasteiger partial charge is 0.346 e. The minimum Gasteiger partial charge on any atom is -0.346 e. The van der Waals surface area contributed by atoms with Gasteiger partial charge in [-0.3, -0.25) is 4.79 Å². The highest BCUT2D eigenvalue weighted by molar-refractivity contribution is 9.10. The zero-order chi connectivity index (χ0) is 14.8. The average Bonchev–Trinajstić information content (AvgIpc) is 2.26. The number of carbonyl (C=O) groups is 1. The maximum absolute atomic E-state index is 13.8. The number of alkyl halides is 1. The van der Waals surface area contributed by atoms with Crippen molar-refractivity contribution in [3.63, 3.8) is 0 Å². The lowest BCUT2D eigenvalue weighted by molar-refractivity contribution is -0.123. The summed E-state index contributed by atoms with van der Waals surface area (Å²) in [7, 11) is 0. The second-order valence-corrected chi connectivity index (χ2v) is 7.24. The first kappa shape index (κ1) is 16.2. The van der Waals surface area contributed by atoms with Crippen molar-refractivity contribution in [2.24, 2.45) is 5.41 Å². The SMILES string of the molecule is CC(C)(NC(=O)C(Br)C(C)(C)C)c1ccccc1F. The number of hydrogen-bond donors (Lipinski definition) is 1. The van der Waals surface area contributed by atoms with Gasteiger partial charge in [0.2, 0.25) is 5.91 Å². The van der Waals surface area contributed by atoms with Gasteiger partial charge >= 0.3 is 0 Å². The van der Waals surface area contributed by atoms with Crippen molar-refractivity contribution in [2.45, 2.75) is 45.0 Å². The molecule has 1 rings (SSSR count). The van der Waals surface area contributed by atoms with Gasteiger partial charge in [0.15, 0.2) is 0 Å². The van der Waals surface area contributed by atoms with E-state index in [9.17, 15) is 9.18 Å². The lowest BCUT2D eigenvalue weighted by atomic mass is 9.89. The molecule has 0 aliphatic heterocycles. The molecule has 0 aliphatic carbocycles. The molecule has 0 aromatic heterocycles. The highest BCUT2D eigenvalue weighted by atomic mass is 79.9. The van der Waals surface area contributed by atoms with Crippen molar-refractivity contribution >= 4 is 21.8 Å². The zero-order valence-electron chi connectivity index (χ0n) is 12.1. The smallest absolute Gasteiger partial charge is 0.234 e. The summed E-state index contributed by atoms with van der Waals surface area (Å²) in [4.78, 5) is 11.9. The van der Waals surface area contributed by atoms with E-state index < -0.39 is 5.54 Å². The summed E-state index contributed by atoms with van der Waals surface area (Å²) < 4.78 is 13.8. The van der Waals surface area contributed by atoms with Gasteiger partial charge in [0.05, 0.1) is 10.4 Å². The van der Waals surface area contributed by atoms with E-state index in [1.807, 2.05) is 20.8 Å². The molecule has 0 fully saturated rings. The maximum Gasteiger partial charge on any atom is 0.234 e. The van der Waals surface area contributed by atoms with E-state index >= 15 is 0 Å². The number of carbonyl (C=O) groups excluding carboxylic acids is 1. The molecular weight excluding hydrogens is 309 g/mol. The van der Waals surface area contributed by atoms with Crippen LogP contribution in [-0.2, 0) is 10.3 Å². The van der Waals surface area contributed by atoms with Crippen LogP contribution in [0, 0.1) is 11.2 Å². The molecule has 1 aromatic carbocycles. The molecule has 1 N–H and O–H groups in total. The third kappa shape index (κ3) is 4.03. The molecule has 0 heterocycles. The molecule has 1 unspecified atom stereocenters. The zero-order valence-corrected chi connectivity index (χ0v) is 13.6. The average molecular weight is 330 g/mol. The van der Waals surface area contributed by atoms with E-state index in [-0.39, 0.29) is 22.0 Å². The van der Waals surface area contributed by atoms with Crippen molar-refractivity contribution < 1.29 is 9.18 Å². The molecule has 0 aliphatic rings. The fraction of sp³-hybridized carbons (Fsp3) is 0.533. The van der Waals surface area contributed by atoms with Gasteiger partial charge in [-0.15, -0.1) is 0 Å². The number of halogens is 2. The Hall–Kier alpha value is -0.900. The van der Waals surface area contributed by atoms with E-state index in [2.05, 4.69) is 21.2 Å². The van der Waals surface area contributed by atoms with E-state index in [0.29, 0.717) is 5.56 Å². The summed E-state index contributed by atoms with van der Waals surface area (Å²) in [5.41, 5.74) is -0.466. The molecule has 0 spiro atoms. The summed E-state index contributed by atoms with van der Waals surface area (Å²) in [5, 5.41) is 2.89. The Morgan fingerprint density at radius 2 is 1.74 bits per heavy atom. The molecule has 1 aromatic rings. The standard InChI is InChI=1S/C15H21BrFNO/c1-14(2,3)12(16)13(19)18-15(4,5)10-8-6-7-9-11(10)17/h6-9,12H,1-5H3,(H,18,19). The van der Waals surface area contributed by atoms with Crippen molar-refractivity contribution in [2.75, 3.05) is 0 Å². The maximum atomic E-state index is 13.8. The second kappa shape index (κ2) is 5.61. The van der Waals surface area contributed by atoms with Gasteiger partial charge in [-0.2, -0.15) is 0 Å². The van der Waals surface area contributed by atoms with Crippen LogP contribution in [0.2, 0.25) is 0 Å². The van der Waals surface area contributed by atoms with Crippen LogP contribution in [0.25, 0.3) is 0 Å². The summed E-state index contributed by atoms with van der Waals surface area (Å²) >= 11 is 3.40. The minimum atomic E-state index is -0.750. The van der Waals surface area contributed by atoms with Crippen LogP contribution in [0.4, 0.5) is 4.39 Å². The predicted octanol–water partition coefficient (Wildman–Crippen LogP) is 3.99. The van der Waals surface area contributed by atoms with Crippen LogP contribution >= 0.6 is 15.9 Å². The molecule has 0 bridgehead atoms. The van der Waals surface area contributed by atoms with Crippen molar-refractivity contribution in [3.8, 4) is 0 Å². The van der Waals surface area contributed by atoms with E-state index in [0.717, 1.165) is 0 Å². The molecule has 19 heavy (non-hydrogen) atoms. The summed E-state index contributed by atoms with van der Waals surface area (Å²) in [6, 6.07) is 6.50. The van der Waals surface area contributed by atoms with Crippen LogP contribution in [0.1, 0.15) is 40.2 Å². The molecule has 1 amide bonds. The second-order valence-electron chi connectivity index (χ2n) is 6.32. The highest BCUT2D eigenvalue weighted by Crippen LogP contribution is 2.29. The Bertz CT molecular complexity index is 465. The molecule has 0 radical (unpaired) electrons. The Morgan fingerprint density at radius 1 is 1.21 bits per heavy atom. The van der Waals surface area contributed by atoms with E-state index in [1.54, 1.807) is 32.0 Å². The third-order valence-electron chi connectivity index (χ3n) is 2.97. The molecular formula is C15H21BrFNO. The van der Waals surface area contributed by atoms with Gasteiger partial charge in [-0.25, -0.2) is 4.39 Å². The van der Waals surface area contributed by atoms with Crippen LogP contribution in [-0.4, -0.2) is 10.7 Å². The van der Waals surface area contributed by atoms with Gasteiger partial charge < -0.3 is 5.32 Å².